The Hall–Kier alpha value is -0.940. The molecule has 1 fully saturated rings. The summed E-state index contributed by atoms with van der Waals surface area (Å²) in [5, 5.41) is 13.6. The van der Waals surface area contributed by atoms with Crippen molar-refractivity contribution in [2.45, 2.75) is 40.2 Å². The second-order valence-electron chi connectivity index (χ2n) is 4.93. The van der Waals surface area contributed by atoms with E-state index in [0.29, 0.717) is 5.92 Å². The zero-order chi connectivity index (χ0) is 13.1. The van der Waals surface area contributed by atoms with Gasteiger partial charge in [0.15, 0.2) is 0 Å². The molecular weight excluding hydrogens is 246 g/mol. The van der Waals surface area contributed by atoms with Gasteiger partial charge in [0.25, 0.3) is 0 Å². The van der Waals surface area contributed by atoms with Crippen LogP contribution >= 0.6 is 11.3 Å². The van der Waals surface area contributed by atoms with Gasteiger partial charge in [-0.3, -0.25) is 4.90 Å². The molecule has 1 N–H and O–H groups in total. The highest BCUT2D eigenvalue weighted by atomic mass is 32.1. The summed E-state index contributed by atoms with van der Waals surface area (Å²) >= 11 is 1.79. The topological polar surface area (TPSA) is 48.7 Å². The first-order valence-corrected chi connectivity index (χ1v) is 7.31. The monoisotopic (exact) mass is 267 g/mol. The van der Waals surface area contributed by atoms with Crippen LogP contribution in [0.3, 0.4) is 0 Å². The Balaban J connectivity index is 1.99. The summed E-state index contributed by atoms with van der Waals surface area (Å²) in [6.45, 7) is 9.21. The Morgan fingerprint density at radius 2 is 2.28 bits per heavy atom. The minimum absolute atomic E-state index is 0.394. The van der Waals surface area contributed by atoms with Gasteiger partial charge in [0.05, 0.1) is 18.0 Å². The lowest BCUT2D eigenvalue weighted by Gasteiger charge is -2.32. The summed E-state index contributed by atoms with van der Waals surface area (Å²) in [6.07, 6.45) is 1.91. The maximum Gasteiger partial charge on any atom is 0.107 e. The fourth-order valence-electron chi connectivity index (χ4n) is 2.42. The van der Waals surface area contributed by atoms with E-state index >= 15 is 0 Å². The molecule has 1 atom stereocenters. The fourth-order valence-corrected chi connectivity index (χ4v) is 3.40. The molecule has 1 saturated heterocycles. The van der Waals surface area contributed by atoms with Gasteiger partial charge in [-0.25, -0.2) is 4.98 Å². The average Bonchev–Trinajstić information content (AvgIpc) is 2.68. The number of thiazole rings is 1. The van der Waals surface area contributed by atoms with E-state index in [-0.39, 0.29) is 0 Å². The van der Waals surface area contributed by atoms with Crippen molar-refractivity contribution in [2.75, 3.05) is 13.1 Å². The van der Waals surface area contributed by atoms with Crippen LogP contribution in [0.2, 0.25) is 0 Å². The standard InChI is InChI=1S/C13H21N3OS/c1-4-11-7-16(6-5-12(11)15-17)8-13-14-9(2)10(3)18-13/h11,17H,4-8H2,1-3H3. The predicted octanol–water partition coefficient (Wildman–Crippen LogP) is 2.82. The number of aryl methyl sites for hydroxylation is 2. The summed E-state index contributed by atoms with van der Waals surface area (Å²) in [5.41, 5.74) is 2.11. The maximum atomic E-state index is 8.97. The molecule has 5 heteroatoms. The van der Waals surface area contributed by atoms with Gasteiger partial charge in [0, 0.05) is 30.3 Å². The average molecular weight is 267 g/mol. The van der Waals surface area contributed by atoms with Gasteiger partial charge in [-0.2, -0.15) is 0 Å². The zero-order valence-corrected chi connectivity index (χ0v) is 12.1. The summed E-state index contributed by atoms with van der Waals surface area (Å²) in [5.74, 6) is 0.394. The van der Waals surface area contributed by atoms with Crippen LogP contribution in [0.5, 0.6) is 0 Å². The number of piperidine rings is 1. The molecule has 0 bridgehead atoms. The molecule has 0 saturated carbocycles. The molecule has 1 aliphatic heterocycles. The van der Waals surface area contributed by atoms with Crippen molar-refractivity contribution in [3.63, 3.8) is 0 Å². The molecule has 0 aromatic carbocycles. The highest BCUT2D eigenvalue weighted by Gasteiger charge is 2.25. The Morgan fingerprint density at radius 1 is 1.50 bits per heavy atom. The number of nitrogens with zero attached hydrogens (tertiary/aromatic N) is 3. The Labute approximate surface area is 112 Å². The van der Waals surface area contributed by atoms with E-state index in [1.165, 1.54) is 9.88 Å². The van der Waals surface area contributed by atoms with Crippen LogP contribution < -0.4 is 0 Å². The van der Waals surface area contributed by atoms with Crippen molar-refractivity contribution in [3.8, 4) is 0 Å². The van der Waals surface area contributed by atoms with Gasteiger partial charge in [-0.05, 0) is 20.3 Å². The smallest absolute Gasteiger partial charge is 0.107 e. The maximum absolute atomic E-state index is 8.97. The third kappa shape index (κ3) is 2.90. The van der Waals surface area contributed by atoms with E-state index in [1.54, 1.807) is 11.3 Å². The number of oxime groups is 1. The summed E-state index contributed by atoms with van der Waals surface area (Å²) < 4.78 is 0. The summed E-state index contributed by atoms with van der Waals surface area (Å²) in [7, 11) is 0. The van der Waals surface area contributed by atoms with Crippen LogP contribution in [0, 0.1) is 19.8 Å². The van der Waals surface area contributed by atoms with E-state index in [2.05, 4.69) is 35.8 Å². The van der Waals surface area contributed by atoms with Crippen LogP contribution in [-0.2, 0) is 6.54 Å². The molecule has 0 amide bonds. The lowest BCUT2D eigenvalue weighted by Crippen LogP contribution is -2.40. The Morgan fingerprint density at radius 3 is 2.83 bits per heavy atom. The largest absolute Gasteiger partial charge is 0.411 e. The number of hydrogen-bond acceptors (Lipinski definition) is 5. The van der Waals surface area contributed by atoms with Crippen LogP contribution in [-0.4, -0.2) is 33.9 Å². The molecule has 1 unspecified atom stereocenters. The normalized spacial score (nSPS) is 23.7. The quantitative estimate of drug-likeness (QED) is 0.676. The molecule has 0 aliphatic carbocycles. The number of hydrogen-bond donors (Lipinski definition) is 1. The molecule has 4 nitrogen and oxygen atoms in total. The first kappa shape index (κ1) is 13.5. The molecule has 1 aromatic rings. The lowest BCUT2D eigenvalue weighted by molar-refractivity contribution is 0.220. The third-order valence-electron chi connectivity index (χ3n) is 3.69. The second kappa shape index (κ2) is 5.80. The molecule has 2 heterocycles. The van der Waals surface area contributed by atoms with Gasteiger partial charge < -0.3 is 5.21 Å². The van der Waals surface area contributed by atoms with Gasteiger partial charge in [0.2, 0.25) is 0 Å². The van der Waals surface area contributed by atoms with Crippen molar-refractivity contribution in [1.29, 1.82) is 0 Å². The highest BCUT2D eigenvalue weighted by molar-refractivity contribution is 7.11. The van der Waals surface area contributed by atoms with Crippen molar-refractivity contribution < 1.29 is 5.21 Å². The lowest BCUT2D eigenvalue weighted by atomic mass is 9.93. The van der Waals surface area contributed by atoms with E-state index in [0.717, 1.165) is 43.9 Å². The van der Waals surface area contributed by atoms with Gasteiger partial charge in [0.1, 0.15) is 5.01 Å². The number of likely N-dealkylation sites (tertiary alicyclic amines) is 1. The first-order chi connectivity index (χ1) is 8.63. The van der Waals surface area contributed by atoms with E-state index in [1.807, 2.05) is 0 Å². The highest BCUT2D eigenvalue weighted by Crippen LogP contribution is 2.22. The van der Waals surface area contributed by atoms with Gasteiger partial charge in [-0.1, -0.05) is 12.1 Å². The molecule has 1 aliphatic rings. The zero-order valence-electron chi connectivity index (χ0n) is 11.3. The SMILES string of the molecule is CCC1CN(Cc2nc(C)c(C)s2)CCC1=NO. The first-order valence-electron chi connectivity index (χ1n) is 6.50. The molecule has 100 valence electrons. The molecule has 2 rings (SSSR count). The summed E-state index contributed by atoms with van der Waals surface area (Å²) in [6, 6.07) is 0. The Kier molecular flexibility index (Phi) is 4.35. The number of aromatic nitrogens is 1. The van der Waals surface area contributed by atoms with E-state index < -0.39 is 0 Å². The van der Waals surface area contributed by atoms with Crippen molar-refractivity contribution in [1.82, 2.24) is 9.88 Å². The third-order valence-corrected chi connectivity index (χ3v) is 4.74. The fraction of sp³-hybridized carbons (Fsp3) is 0.692. The predicted molar refractivity (Wildman–Crippen MR) is 74.5 cm³/mol. The summed E-state index contributed by atoms with van der Waals surface area (Å²) in [4.78, 5) is 8.32. The van der Waals surface area contributed by atoms with E-state index in [4.69, 9.17) is 5.21 Å². The molecule has 0 spiro atoms. The van der Waals surface area contributed by atoms with Crippen molar-refractivity contribution in [3.05, 3.63) is 15.6 Å². The van der Waals surface area contributed by atoms with E-state index in [9.17, 15) is 0 Å². The molecule has 1 aromatic heterocycles. The molecule has 18 heavy (non-hydrogen) atoms. The minimum Gasteiger partial charge on any atom is -0.411 e. The Bertz CT molecular complexity index is 422. The van der Waals surface area contributed by atoms with Crippen LogP contribution in [0.1, 0.15) is 35.3 Å². The van der Waals surface area contributed by atoms with Gasteiger partial charge >= 0.3 is 0 Å². The molecule has 0 radical (unpaired) electrons. The van der Waals surface area contributed by atoms with Crippen LogP contribution in [0.15, 0.2) is 5.16 Å². The number of rotatable bonds is 3. The van der Waals surface area contributed by atoms with Crippen LogP contribution in [0.4, 0.5) is 0 Å². The second-order valence-corrected chi connectivity index (χ2v) is 6.22. The molecular formula is C13H21N3OS. The van der Waals surface area contributed by atoms with Crippen LogP contribution in [0.25, 0.3) is 0 Å². The van der Waals surface area contributed by atoms with Gasteiger partial charge in [-0.15, -0.1) is 11.3 Å². The van der Waals surface area contributed by atoms with Crippen molar-refractivity contribution >= 4 is 17.0 Å². The van der Waals surface area contributed by atoms with Crippen molar-refractivity contribution in [2.24, 2.45) is 11.1 Å². The minimum atomic E-state index is 0.394.